The Morgan fingerprint density at radius 1 is 1.05 bits per heavy atom. The van der Waals surface area contributed by atoms with Gasteiger partial charge in [-0.25, -0.2) is 0 Å². The van der Waals surface area contributed by atoms with E-state index in [1.165, 1.54) is 45.1 Å². The molecule has 112 valence electrons. The predicted molar refractivity (Wildman–Crippen MR) is 85.0 cm³/mol. The van der Waals surface area contributed by atoms with Gasteiger partial charge in [0.25, 0.3) is 0 Å². The minimum atomic E-state index is -0.995. The third-order valence-electron chi connectivity index (χ3n) is 4.79. The highest BCUT2D eigenvalue weighted by atomic mass is 28.3. The van der Waals surface area contributed by atoms with Crippen molar-refractivity contribution in [1.29, 1.82) is 0 Å². The van der Waals surface area contributed by atoms with Crippen molar-refractivity contribution in [3.63, 3.8) is 0 Å². The second kappa shape index (κ2) is 5.82. The topological polar surface area (TPSA) is 21.8 Å². The van der Waals surface area contributed by atoms with Crippen molar-refractivity contribution in [2.24, 2.45) is 0 Å². The molecule has 0 spiro atoms. The van der Waals surface area contributed by atoms with Gasteiger partial charge in [0.15, 0.2) is 0 Å². The fourth-order valence-electron chi connectivity index (χ4n) is 3.51. The molecule has 0 atom stereocenters. The largest absolute Gasteiger partial charge is 0.304 e. The SMILES string of the molecule is CN1CCN(C)C1(CC[Si](C)(C)C)N1CCCNC1. The van der Waals surface area contributed by atoms with E-state index in [-0.39, 0.29) is 5.79 Å². The van der Waals surface area contributed by atoms with Gasteiger partial charge in [0.2, 0.25) is 0 Å². The number of likely N-dealkylation sites (N-methyl/N-ethyl adjacent to an activating group) is 2. The molecule has 2 aliphatic heterocycles. The van der Waals surface area contributed by atoms with Gasteiger partial charge in [0.1, 0.15) is 5.79 Å². The van der Waals surface area contributed by atoms with Crippen LogP contribution in [0.2, 0.25) is 25.7 Å². The van der Waals surface area contributed by atoms with E-state index in [1.807, 2.05) is 0 Å². The molecule has 19 heavy (non-hydrogen) atoms. The molecule has 5 heteroatoms. The van der Waals surface area contributed by atoms with Crippen LogP contribution in [-0.2, 0) is 0 Å². The van der Waals surface area contributed by atoms with E-state index in [4.69, 9.17) is 0 Å². The Labute approximate surface area is 120 Å². The third kappa shape index (κ3) is 3.21. The maximum Gasteiger partial charge on any atom is 0.131 e. The Bertz CT molecular complexity index is 286. The highest BCUT2D eigenvalue weighted by molar-refractivity contribution is 6.76. The summed E-state index contributed by atoms with van der Waals surface area (Å²) in [5.74, 6) is 0.160. The lowest BCUT2D eigenvalue weighted by molar-refractivity contribution is -0.116. The lowest BCUT2D eigenvalue weighted by Crippen LogP contribution is -2.66. The molecule has 0 amide bonds. The molecule has 0 unspecified atom stereocenters. The molecule has 0 radical (unpaired) electrons. The van der Waals surface area contributed by atoms with Crippen molar-refractivity contribution in [1.82, 2.24) is 20.0 Å². The summed E-state index contributed by atoms with van der Waals surface area (Å²) < 4.78 is 0. The lowest BCUT2D eigenvalue weighted by atomic mass is 10.1. The molecule has 2 aliphatic rings. The minimum absolute atomic E-state index is 0.160. The van der Waals surface area contributed by atoms with E-state index in [9.17, 15) is 0 Å². The van der Waals surface area contributed by atoms with Gasteiger partial charge in [0.05, 0.1) is 6.67 Å². The van der Waals surface area contributed by atoms with Gasteiger partial charge in [0, 0.05) is 27.7 Å². The highest BCUT2D eigenvalue weighted by Gasteiger charge is 2.48. The van der Waals surface area contributed by atoms with Crippen LogP contribution in [0.15, 0.2) is 0 Å². The van der Waals surface area contributed by atoms with Crippen LogP contribution in [-0.4, -0.2) is 75.5 Å². The summed E-state index contributed by atoms with van der Waals surface area (Å²) in [6.07, 6.45) is 2.56. The van der Waals surface area contributed by atoms with E-state index in [1.54, 1.807) is 0 Å². The first-order valence-corrected chi connectivity index (χ1v) is 11.5. The standard InChI is InChI=1S/C14H32N4Si/c1-16-10-11-17(2)14(16,7-12-19(3,4)5)18-9-6-8-15-13-18/h15H,6-13H2,1-5H3. The fraction of sp³-hybridized carbons (Fsp3) is 1.00. The number of nitrogens with one attached hydrogen (secondary N) is 1. The minimum Gasteiger partial charge on any atom is -0.304 e. The summed E-state index contributed by atoms with van der Waals surface area (Å²) in [4.78, 5) is 7.84. The van der Waals surface area contributed by atoms with Crippen molar-refractivity contribution < 1.29 is 0 Å². The van der Waals surface area contributed by atoms with E-state index in [0.717, 1.165) is 6.67 Å². The normalized spacial score (nSPS) is 27.0. The van der Waals surface area contributed by atoms with Crippen LogP contribution in [0.1, 0.15) is 12.8 Å². The second-order valence-corrected chi connectivity index (χ2v) is 13.1. The molecule has 2 saturated heterocycles. The van der Waals surface area contributed by atoms with E-state index < -0.39 is 8.07 Å². The number of hydrogen-bond acceptors (Lipinski definition) is 4. The van der Waals surface area contributed by atoms with Gasteiger partial charge in [-0.2, -0.15) is 0 Å². The summed E-state index contributed by atoms with van der Waals surface area (Å²) in [5, 5.41) is 3.56. The highest BCUT2D eigenvalue weighted by Crippen LogP contribution is 2.35. The lowest BCUT2D eigenvalue weighted by Gasteiger charge is -2.51. The van der Waals surface area contributed by atoms with Crippen molar-refractivity contribution in [3.05, 3.63) is 0 Å². The first-order chi connectivity index (χ1) is 8.86. The molecule has 0 aliphatic carbocycles. The molecule has 2 rings (SSSR count). The van der Waals surface area contributed by atoms with Gasteiger partial charge in [-0.15, -0.1) is 0 Å². The van der Waals surface area contributed by atoms with Crippen molar-refractivity contribution >= 4 is 8.07 Å². The van der Waals surface area contributed by atoms with E-state index in [2.05, 4.69) is 53.8 Å². The van der Waals surface area contributed by atoms with Crippen LogP contribution in [0.3, 0.4) is 0 Å². The van der Waals surface area contributed by atoms with Crippen LogP contribution < -0.4 is 5.32 Å². The van der Waals surface area contributed by atoms with E-state index in [0.29, 0.717) is 0 Å². The third-order valence-corrected chi connectivity index (χ3v) is 6.54. The summed E-state index contributed by atoms with van der Waals surface area (Å²) in [6, 6.07) is 1.40. The fourth-order valence-corrected chi connectivity index (χ4v) is 4.59. The molecule has 0 aromatic carbocycles. The molecule has 0 bridgehead atoms. The van der Waals surface area contributed by atoms with Gasteiger partial charge < -0.3 is 5.32 Å². The molecule has 2 fully saturated rings. The quantitative estimate of drug-likeness (QED) is 0.790. The van der Waals surface area contributed by atoms with Crippen LogP contribution in [0.5, 0.6) is 0 Å². The van der Waals surface area contributed by atoms with Gasteiger partial charge in [-0.3, -0.25) is 14.7 Å². The van der Waals surface area contributed by atoms with Crippen molar-refractivity contribution in [2.75, 3.05) is 46.9 Å². The average molecular weight is 285 g/mol. The Morgan fingerprint density at radius 3 is 2.16 bits per heavy atom. The Morgan fingerprint density at radius 2 is 1.68 bits per heavy atom. The first-order valence-electron chi connectivity index (χ1n) is 7.74. The number of nitrogens with zero attached hydrogens (tertiary/aromatic N) is 3. The van der Waals surface area contributed by atoms with Gasteiger partial charge in [-0.1, -0.05) is 25.7 Å². The summed E-state index contributed by atoms with van der Waals surface area (Å²) >= 11 is 0. The summed E-state index contributed by atoms with van der Waals surface area (Å²) in [6.45, 7) is 13.3. The van der Waals surface area contributed by atoms with Gasteiger partial charge in [-0.05, 0) is 33.5 Å². The molecular weight excluding hydrogens is 252 g/mol. The van der Waals surface area contributed by atoms with Crippen LogP contribution in [0.4, 0.5) is 0 Å². The average Bonchev–Trinajstić information content (AvgIpc) is 2.64. The Hall–Kier alpha value is 0.0569. The summed E-state index contributed by atoms with van der Waals surface area (Å²) in [5.41, 5.74) is 0. The predicted octanol–water partition coefficient (Wildman–Crippen LogP) is 1.50. The van der Waals surface area contributed by atoms with Crippen LogP contribution in [0, 0.1) is 0 Å². The molecule has 4 nitrogen and oxygen atoms in total. The maximum absolute atomic E-state index is 3.56. The molecular formula is C14H32N4Si. The van der Waals surface area contributed by atoms with Crippen LogP contribution >= 0.6 is 0 Å². The molecule has 2 heterocycles. The zero-order valence-corrected chi connectivity index (χ0v) is 14.5. The number of rotatable bonds is 4. The zero-order valence-electron chi connectivity index (χ0n) is 13.5. The zero-order chi connectivity index (χ0) is 14.1. The molecule has 0 saturated carbocycles. The van der Waals surface area contributed by atoms with Gasteiger partial charge >= 0.3 is 0 Å². The molecule has 0 aromatic heterocycles. The molecule has 1 N–H and O–H groups in total. The van der Waals surface area contributed by atoms with E-state index >= 15 is 0 Å². The van der Waals surface area contributed by atoms with Crippen molar-refractivity contribution in [3.8, 4) is 0 Å². The first kappa shape index (κ1) is 15.4. The van der Waals surface area contributed by atoms with Crippen LogP contribution in [0.25, 0.3) is 0 Å². The maximum atomic E-state index is 3.56. The second-order valence-electron chi connectivity index (χ2n) is 7.45. The number of hydrogen-bond donors (Lipinski definition) is 1. The Balaban J connectivity index is 2.16. The monoisotopic (exact) mass is 284 g/mol. The smallest absolute Gasteiger partial charge is 0.131 e. The molecule has 0 aromatic rings. The summed E-state index contributed by atoms with van der Waals surface area (Å²) in [7, 11) is 3.62. The Kier molecular flexibility index (Phi) is 4.73. The van der Waals surface area contributed by atoms with Crippen molar-refractivity contribution in [2.45, 2.75) is 44.3 Å².